The summed E-state index contributed by atoms with van der Waals surface area (Å²) in [6.07, 6.45) is 22.0. The normalized spacial score (nSPS) is 12.2. The first-order chi connectivity index (χ1) is 32.2. The van der Waals surface area contributed by atoms with Crippen molar-refractivity contribution < 1.29 is 57.6 Å². The Morgan fingerprint density at radius 1 is 0.433 bits per heavy atom. The minimum absolute atomic E-state index is 0.0161. The van der Waals surface area contributed by atoms with Gasteiger partial charge in [-0.25, -0.2) is 4.79 Å². The summed E-state index contributed by atoms with van der Waals surface area (Å²) in [5.74, 6) is -1.87. The van der Waals surface area contributed by atoms with Crippen LogP contribution >= 0.6 is 0 Å². The van der Waals surface area contributed by atoms with Crippen molar-refractivity contribution in [3.63, 3.8) is 0 Å². The fraction of sp³-hybridized carbons (Fsp3) is 0.860. The van der Waals surface area contributed by atoms with Crippen LogP contribution in [-0.4, -0.2) is 137 Å². The molecular weight excluding hydrogens is 863 g/mol. The maximum Gasteiger partial charge on any atom is 0.326 e. The zero-order chi connectivity index (χ0) is 49.8. The van der Waals surface area contributed by atoms with E-state index >= 15 is 0 Å². The topological polar surface area (TPSA) is 237 Å². The molecule has 0 aromatic carbocycles. The van der Waals surface area contributed by atoms with Crippen molar-refractivity contribution in [1.82, 2.24) is 26.6 Å². The summed E-state index contributed by atoms with van der Waals surface area (Å²) in [7, 11) is 0. The first kappa shape index (κ1) is 63.5. The van der Waals surface area contributed by atoms with Crippen molar-refractivity contribution in [3.05, 3.63) is 0 Å². The van der Waals surface area contributed by atoms with E-state index in [1.807, 2.05) is 27.7 Å². The van der Waals surface area contributed by atoms with Crippen LogP contribution in [0.2, 0.25) is 0 Å². The Balaban J connectivity index is 3.69. The van der Waals surface area contributed by atoms with Gasteiger partial charge in [-0.3, -0.25) is 24.0 Å². The number of unbranched alkanes of at least 4 members (excludes halogenated alkanes) is 16. The third-order valence-corrected chi connectivity index (χ3v) is 11.0. The lowest BCUT2D eigenvalue weighted by Crippen LogP contribution is -2.42. The van der Waals surface area contributed by atoms with Gasteiger partial charge >= 0.3 is 5.97 Å². The molecule has 0 aromatic heterocycles. The van der Waals surface area contributed by atoms with Crippen LogP contribution in [0.15, 0.2) is 0 Å². The Bertz CT molecular complexity index is 1320. The van der Waals surface area contributed by atoms with Crippen molar-refractivity contribution in [2.75, 3.05) is 72.5 Å². The number of hydrogen-bond donors (Lipinski definition) is 6. The van der Waals surface area contributed by atoms with E-state index in [-0.39, 0.29) is 133 Å². The molecule has 0 aliphatic rings. The Morgan fingerprint density at radius 3 is 1.31 bits per heavy atom. The van der Waals surface area contributed by atoms with E-state index in [0.29, 0.717) is 18.7 Å². The number of rotatable bonds is 49. The van der Waals surface area contributed by atoms with Gasteiger partial charge in [0.05, 0.1) is 45.7 Å². The highest BCUT2D eigenvalue weighted by molar-refractivity contribution is 5.86. The number of hydrogen-bond acceptors (Lipinski definition) is 12. The molecular formula is C50H93N5O12. The van der Waals surface area contributed by atoms with Crippen LogP contribution in [0.25, 0.3) is 0 Å². The minimum Gasteiger partial charge on any atom is -0.480 e. The molecule has 0 rings (SSSR count). The molecule has 390 valence electrons. The third kappa shape index (κ3) is 43.5. The van der Waals surface area contributed by atoms with Gasteiger partial charge in [-0.1, -0.05) is 118 Å². The van der Waals surface area contributed by atoms with E-state index in [1.54, 1.807) is 6.92 Å². The van der Waals surface area contributed by atoms with Crippen LogP contribution < -0.4 is 26.6 Å². The van der Waals surface area contributed by atoms with Crippen LogP contribution in [0.5, 0.6) is 0 Å². The van der Waals surface area contributed by atoms with Crippen LogP contribution in [0.1, 0.15) is 182 Å². The SMILES string of the molecule is CC(=O)CCCCCCCCCCCCCCCCCCC(=O)N[C@@H](CCC(=O)NCCOCCOCC(=O)NCCOCCOCC(=O)NCCCC[C@H](NC(C)C)C(=O)C(C)C)C(=O)O. The number of aliphatic carboxylic acids is 1. The van der Waals surface area contributed by atoms with Gasteiger partial charge in [-0.15, -0.1) is 0 Å². The average Bonchev–Trinajstić information content (AvgIpc) is 3.27. The Kier molecular flexibility index (Phi) is 42.6. The average molecular weight is 956 g/mol. The second-order valence-electron chi connectivity index (χ2n) is 18.2. The highest BCUT2D eigenvalue weighted by Gasteiger charge is 2.22. The van der Waals surface area contributed by atoms with Gasteiger partial charge in [0, 0.05) is 50.9 Å². The van der Waals surface area contributed by atoms with Crippen LogP contribution in [-0.2, 0) is 52.5 Å². The second kappa shape index (κ2) is 45.0. The van der Waals surface area contributed by atoms with E-state index in [1.165, 1.54) is 70.6 Å². The fourth-order valence-corrected chi connectivity index (χ4v) is 7.23. The van der Waals surface area contributed by atoms with Crippen LogP contribution in [0, 0.1) is 5.92 Å². The van der Waals surface area contributed by atoms with E-state index < -0.39 is 12.0 Å². The molecule has 0 aliphatic heterocycles. The molecule has 0 radical (unpaired) electrons. The summed E-state index contributed by atoms with van der Waals surface area (Å²) in [5.41, 5.74) is 0. The number of carboxylic acids is 1. The van der Waals surface area contributed by atoms with Gasteiger partial charge in [-0.2, -0.15) is 0 Å². The smallest absolute Gasteiger partial charge is 0.326 e. The largest absolute Gasteiger partial charge is 0.480 e. The van der Waals surface area contributed by atoms with E-state index in [2.05, 4.69) is 26.6 Å². The monoisotopic (exact) mass is 956 g/mol. The fourth-order valence-electron chi connectivity index (χ4n) is 7.23. The summed E-state index contributed by atoms with van der Waals surface area (Å²) >= 11 is 0. The Morgan fingerprint density at radius 2 is 0.866 bits per heavy atom. The maximum absolute atomic E-state index is 12.4. The molecule has 0 aromatic rings. The second-order valence-corrected chi connectivity index (χ2v) is 18.2. The van der Waals surface area contributed by atoms with Crippen LogP contribution in [0.3, 0.4) is 0 Å². The van der Waals surface area contributed by atoms with Crippen molar-refractivity contribution in [2.45, 2.75) is 200 Å². The van der Waals surface area contributed by atoms with Crippen molar-refractivity contribution in [1.29, 1.82) is 0 Å². The summed E-state index contributed by atoms with van der Waals surface area (Å²) in [6, 6.07) is -1.08. The summed E-state index contributed by atoms with van der Waals surface area (Å²) in [5, 5.41) is 23.6. The molecule has 0 heterocycles. The maximum atomic E-state index is 12.4. The molecule has 17 heteroatoms. The Hall–Kier alpha value is -3.51. The lowest BCUT2D eigenvalue weighted by Gasteiger charge is -2.22. The minimum atomic E-state index is -1.17. The standard InChI is InChI=1S/C50H93N5O12/c1-40(2)49(61)43(54-41(3)4)25-22-23-29-51-47(59)38-66-36-35-65-33-31-53-48(60)39-67-37-34-64-32-30-52-45(57)28-27-44(50(62)63)55-46(58)26-21-19-17-15-13-11-9-7-6-8-10-12-14-16-18-20-24-42(5)56/h40-41,43-44,54H,6-39H2,1-5H3,(H,51,59)(H,52,57)(H,53,60)(H,55,58)(H,62,63)/t43-,44-/m0/s1. The van der Waals surface area contributed by atoms with E-state index in [0.717, 1.165) is 51.4 Å². The van der Waals surface area contributed by atoms with Crippen molar-refractivity contribution in [2.24, 2.45) is 5.92 Å². The molecule has 17 nitrogen and oxygen atoms in total. The summed E-state index contributed by atoms with van der Waals surface area (Å²) in [6.45, 7) is 11.7. The molecule has 4 amide bonds. The number of ether oxygens (including phenoxy) is 4. The van der Waals surface area contributed by atoms with E-state index in [4.69, 9.17) is 18.9 Å². The zero-order valence-corrected chi connectivity index (χ0v) is 42.3. The molecule has 0 unspecified atom stereocenters. The summed E-state index contributed by atoms with van der Waals surface area (Å²) in [4.78, 5) is 83.7. The van der Waals surface area contributed by atoms with Gasteiger partial charge in [0.25, 0.3) is 0 Å². The first-order valence-corrected chi connectivity index (χ1v) is 25.6. The quantitative estimate of drug-likeness (QED) is 0.0378. The van der Waals surface area contributed by atoms with Crippen LogP contribution in [0.4, 0.5) is 0 Å². The number of carbonyl (C=O) groups excluding carboxylic acids is 6. The molecule has 2 atom stereocenters. The molecule has 0 fully saturated rings. The number of carboxylic acid groups (broad SMARTS) is 1. The van der Waals surface area contributed by atoms with Gasteiger partial charge in [0.1, 0.15) is 25.0 Å². The highest BCUT2D eigenvalue weighted by Crippen LogP contribution is 2.15. The molecule has 0 bridgehead atoms. The van der Waals surface area contributed by atoms with Gasteiger partial charge < -0.3 is 55.4 Å². The third-order valence-electron chi connectivity index (χ3n) is 11.0. The van der Waals surface area contributed by atoms with Gasteiger partial charge in [-0.05, 0) is 45.4 Å². The lowest BCUT2D eigenvalue weighted by atomic mass is 9.96. The predicted molar refractivity (Wildman–Crippen MR) is 261 cm³/mol. The van der Waals surface area contributed by atoms with Crippen molar-refractivity contribution >= 4 is 41.2 Å². The number of carbonyl (C=O) groups is 7. The van der Waals surface area contributed by atoms with Gasteiger partial charge in [0.2, 0.25) is 23.6 Å². The molecule has 0 spiro atoms. The zero-order valence-electron chi connectivity index (χ0n) is 42.3. The number of amides is 4. The Labute approximate surface area is 403 Å². The molecule has 0 saturated heterocycles. The number of ketones is 2. The number of nitrogens with one attached hydrogen (secondary N) is 5. The molecule has 67 heavy (non-hydrogen) atoms. The van der Waals surface area contributed by atoms with Crippen molar-refractivity contribution in [3.8, 4) is 0 Å². The predicted octanol–water partition coefficient (Wildman–Crippen LogP) is 6.12. The van der Waals surface area contributed by atoms with E-state index in [9.17, 15) is 38.7 Å². The number of Topliss-reactive ketones (excluding diaryl/α,β-unsaturated/α-hetero) is 2. The first-order valence-electron chi connectivity index (χ1n) is 25.6. The summed E-state index contributed by atoms with van der Waals surface area (Å²) < 4.78 is 21.5. The van der Waals surface area contributed by atoms with Gasteiger partial charge in [0.15, 0.2) is 5.78 Å². The highest BCUT2D eigenvalue weighted by atomic mass is 16.5. The molecule has 6 N–H and O–H groups in total. The lowest BCUT2D eigenvalue weighted by molar-refractivity contribution is -0.142. The molecule has 0 saturated carbocycles. The molecule has 0 aliphatic carbocycles.